The van der Waals surface area contributed by atoms with Crippen LogP contribution in [0.3, 0.4) is 0 Å². The van der Waals surface area contributed by atoms with E-state index in [0.29, 0.717) is 6.54 Å². The smallest absolute Gasteiger partial charge is 0.155 e. The molecular formula is C109H111FN28. The second-order valence-corrected chi connectivity index (χ2v) is 35.8. The number of piperidine rings is 1. The first-order valence-corrected chi connectivity index (χ1v) is 47.5. The van der Waals surface area contributed by atoms with E-state index < -0.39 is 0 Å². The molecule has 138 heavy (non-hydrogen) atoms. The van der Waals surface area contributed by atoms with Crippen LogP contribution in [0.15, 0.2) is 317 Å². The molecule has 24 rings (SSSR count). The van der Waals surface area contributed by atoms with Crippen molar-refractivity contribution < 1.29 is 4.39 Å². The second kappa shape index (κ2) is 41.8. The van der Waals surface area contributed by atoms with Crippen LogP contribution in [0.4, 0.5) is 27.7 Å². The van der Waals surface area contributed by atoms with E-state index in [1.165, 1.54) is 50.9 Å². The number of imidazole rings is 4. The van der Waals surface area contributed by atoms with Crippen molar-refractivity contribution in [2.75, 3.05) is 132 Å². The number of halogens is 1. The van der Waals surface area contributed by atoms with Crippen molar-refractivity contribution in [1.82, 2.24) is 119 Å². The minimum absolute atomic E-state index is 0.0625. The number of likely N-dealkylation sites (N-methyl/N-ethyl adjacent to an activating group) is 1. The van der Waals surface area contributed by atoms with Crippen molar-refractivity contribution in [3.8, 4) is 112 Å². The Labute approximate surface area is 801 Å². The molecular weight excluding hydrogens is 1720 g/mol. The number of benzene rings is 5. The first-order chi connectivity index (χ1) is 67.8. The van der Waals surface area contributed by atoms with Gasteiger partial charge in [0, 0.05) is 228 Å². The Morgan fingerprint density at radius 1 is 0.355 bits per heavy atom. The highest BCUT2D eigenvalue weighted by molar-refractivity contribution is 5.86. The highest BCUT2D eigenvalue weighted by Gasteiger charge is 2.32. The Bertz CT molecular complexity index is 7240. The van der Waals surface area contributed by atoms with Crippen LogP contribution in [0.1, 0.15) is 45.2 Å². The molecule has 0 spiro atoms. The lowest BCUT2D eigenvalue weighted by atomic mass is 10.0. The Hall–Kier alpha value is -15.5. The Morgan fingerprint density at radius 3 is 1.11 bits per heavy atom. The number of fused-ring (bicyclic) bond motifs is 4. The lowest BCUT2D eigenvalue weighted by Crippen LogP contribution is -2.57. The fraction of sp³-hybridized carbons (Fsp3) is 0.248. The van der Waals surface area contributed by atoms with E-state index in [2.05, 4.69) is 205 Å². The molecule has 5 fully saturated rings. The highest BCUT2D eigenvalue weighted by atomic mass is 19.1. The topological polar surface area (TPSA) is 259 Å². The number of nitrogens with one attached hydrogen (secondary N) is 3. The number of hydrogen-bond acceptors (Lipinski definition) is 23. The van der Waals surface area contributed by atoms with Gasteiger partial charge in [-0.15, -0.1) is 20.4 Å². The van der Waals surface area contributed by atoms with Crippen molar-refractivity contribution in [3.63, 3.8) is 0 Å². The number of likely N-dealkylation sites (tertiary alicyclic amines) is 1. The summed E-state index contributed by atoms with van der Waals surface area (Å²) in [6, 6.07) is 85.1. The summed E-state index contributed by atoms with van der Waals surface area (Å²) in [5.74, 6) is 3.73. The lowest BCUT2D eigenvalue weighted by molar-refractivity contribution is 0.207. The van der Waals surface area contributed by atoms with Crippen LogP contribution in [-0.4, -0.2) is 227 Å². The molecule has 5 aliphatic rings. The maximum absolute atomic E-state index is 13.1. The average molecular weight is 1830 g/mol. The van der Waals surface area contributed by atoms with Gasteiger partial charge in [0.1, 0.15) is 57.6 Å². The van der Waals surface area contributed by atoms with Gasteiger partial charge in [0.25, 0.3) is 0 Å². The third kappa shape index (κ3) is 20.4. The predicted octanol–water partition coefficient (Wildman–Crippen LogP) is 17.3. The van der Waals surface area contributed by atoms with Gasteiger partial charge in [0.05, 0.1) is 28.5 Å². The molecule has 19 aromatic rings. The zero-order valence-electron chi connectivity index (χ0n) is 78.3. The van der Waals surface area contributed by atoms with Gasteiger partial charge in [-0.1, -0.05) is 121 Å². The van der Waals surface area contributed by atoms with Crippen LogP contribution in [-0.2, 0) is 13.6 Å². The molecule has 5 aliphatic heterocycles. The van der Waals surface area contributed by atoms with Gasteiger partial charge in [-0.25, -0.2) is 42.4 Å². The van der Waals surface area contributed by atoms with E-state index in [0.717, 1.165) is 255 Å². The summed E-state index contributed by atoms with van der Waals surface area (Å²) in [7, 11) is 5.94. The summed E-state index contributed by atoms with van der Waals surface area (Å²) in [6.45, 7) is 20.6. The minimum atomic E-state index is -0.249. The van der Waals surface area contributed by atoms with Crippen LogP contribution in [0.2, 0.25) is 0 Å². The molecule has 28 nitrogen and oxygen atoms in total. The molecule has 0 radical (unpaired) electrons. The fourth-order valence-electron chi connectivity index (χ4n) is 18.9. The summed E-state index contributed by atoms with van der Waals surface area (Å²) in [6.07, 6.45) is 23.5. The van der Waals surface area contributed by atoms with Gasteiger partial charge in [-0.05, 0) is 206 Å². The third-order valence-electron chi connectivity index (χ3n) is 25.9. The van der Waals surface area contributed by atoms with E-state index in [1.54, 1.807) is 23.0 Å². The van der Waals surface area contributed by atoms with Gasteiger partial charge < -0.3 is 45.3 Å². The molecule has 5 aromatic carbocycles. The molecule has 0 saturated carbocycles. The monoisotopic (exact) mass is 1830 g/mol. The van der Waals surface area contributed by atoms with Crippen molar-refractivity contribution >= 4 is 45.9 Å². The third-order valence-corrected chi connectivity index (χ3v) is 25.9. The quantitative estimate of drug-likeness (QED) is 0.0765. The number of aromatic nitrogens is 19. The van der Waals surface area contributed by atoms with Crippen LogP contribution >= 0.6 is 0 Å². The van der Waals surface area contributed by atoms with Crippen LogP contribution in [0.5, 0.6) is 0 Å². The van der Waals surface area contributed by atoms with Gasteiger partial charge in [0.2, 0.25) is 0 Å². The molecule has 0 atom stereocenters. The summed E-state index contributed by atoms with van der Waals surface area (Å²) < 4.78 is 22.8. The lowest BCUT2D eigenvalue weighted by Gasteiger charge is -2.39. The number of hydrogen-bond donors (Lipinski definition) is 3. The van der Waals surface area contributed by atoms with Crippen LogP contribution < -0.4 is 35.6 Å². The fourth-order valence-corrected chi connectivity index (χ4v) is 18.9. The van der Waals surface area contributed by atoms with Crippen molar-refractivity contribution in [2.24, 2.45) is 7.05 Å². The highest BCUT2D eigenvalue weighted by Crippen LogP contribution is 2.40. The average Bonchev–Trinajstić information content (AvgIpc) is 1.62. The standard InChI is InChI=1S/C26H28N6.C23H24N6.C22H22N6.C21H20N6.C17H17FN4/c1-2-6-20(7-3-1)25-26(21-10-14-27-15-11-21)32-23(28-25)8-9-24(29-32)31-18-12-22(13-19-31)30-16-4-5-17-30;1-23(2)16-28(15-14-25-23)20-9-8-19-26-21(17-6-4-3-5-7-17)22(29(19)27-20)18-10-12-24-13-11-18;1-26-13-15-27(16-14-26)20-8-7-19-24-21(17-5-3-2-4-6-17)22(28(19)25-20)18-9-11-23-12-10-18;1-2-4-16(5-3-1)20-21(17-8-10-22-11-9-17)27-18(24-20)6-7-19(25-27)26-14-12-23-13-15-26;1-19-10-15-9-13(7-8-20-15)16-11-22(2)21-17(16)12-3-5-14(18)6-4-12/h1-3,6-11,14-15,22H,4-5,12-13,16-19H2;3-13,25H,14-16H2,1-2H3;2-12H,13-16H2,1H3;1-11,23H,12-15H2;3-9,11,19H,10H2,1-2H3. The molecule has 19 heterocycles. The van der Waals surface area contributed by atoms with Gasteiger partial charge in [-0.3, -0.25) is 29.6 Å². The maximum atomic E-state index is 13.1. The molecule has 3 N–H and O–H groups in total. The Morgan fingerprint density at radius 2 is 0.717 bits per heavy atom. The van der Waals surface area contributed by atoms with E-state index >= 15 is 0 Å². The van der Waals surface area contributed by atoms with Gasteiger partial charge >= 0.3 is 0 Å². The van der Waals surface area contributed by atoms with E-state index in [1.807, 2.05) is 209 Å². The zero-order valence-corrected chi connectivity index (χ0v) is 78.3. The molecule has 0 unspecified atom stereocenters. The first-order valence-electron chi connectivity index (χ1n) is 47.5. The van der Waals surface area contributed by atoms with Gasteiger partial charge in [0.15, 0.2) is 22.6 Å². The SMILES string of the molecule is CC1(C)CN(c2ccc3nc(-c4ccccc4)c(-c4ccncc4)n3n2)CCN1.CN1CCN(c2ccc3nc(-c4ccccc4)c(-c4ccncc4)n3n2)CC1.CNCc1cc(-c2cn(C)nc2-c2ccc(F)cc2)ccn1.c1ccc(-c2nc3ccc(N4CCC(N5CCCC5)CC4)nn3c2-c2ccncc2)cc1.c1ccc(-c2nc3ccc(N4CCNCC4)nn3c2-c2ccncc2)cc1. The van der Waals surface area contributed by atoms with E-state index in [4.69, 9.17) is 40.3 Å². The minimum Gasteiger partial charge on any atom is -0.355 e. The summed E-state index contributed by atoms with van der Waals surface area (Å²) >= 11 is 0. The van der Waals surface area contributed by atoms with Crippen LogP contribution in [0, 0.1) is 5.82 Å². The van der Waals surface area contributed by atoms with E-state index in [9.17, 15) is 4.39 Å². The zero-order chi connectivity index (χ0) is 93.7. The van der Waals surface area contributed by atoms with Crippen LogP contribution in [0.25, 0.3) is 135 Å². The molecule has 0 amide bonds. The normalized spacial score (nSPS) is 15.3. The van der Waals surface area contributed by atoms with E-state index in [-0.39, 0.29) is 11.4 Å². The number of piperazine rings is 3. The predicted molar refractivity (Wildman–Crippen MR) is 546 cm³/mol. The number of nitrogens with zero attached hydrogens (tertiary/aromatic N) is 25. The van der Waals surface area contributed by atoms with Crippen molar-refractivity contribution in [1.29, 1.82) is 0 Å². The number of aryl methyl sites for hydroxylation is 1. The molecule has 14 aromatic heterocycles. The maximum Gasteiger partial charge on any atom is 0.155 e. The molecule has 29 heteroatoms. The molecule has 0 bridgehead atoms. The second-order valence-electron chi connectivity index (χ2n) is 35.8. The van der Waals surface area contributed by atoms with Gasteiger partial charge in [-0.2, -0.15) is 5.10 Å². The summed E-state index contributed by atoms with van der Waals surface area (Å²) in [4.78, 5) is 55.2. The summed E-state index contributed by atoms with van der Waals surface area (Å²) in [5.41, 5.74) is 24.6. The Kier molecular flexibility index (Phi) is 27.3. The number of anilines is 4. The largest absolute Gasteiger partial charge is 0.355 e. The molecule has 5 saturated heterocycles. The van der Waals surface area contributed by atoms with Crippen molar-refractivity contribution in [3.05, 3.63) is 328 Å². The number of pyridine rings is 5. The molecule has 0 aliphatic carbocycles. The summed E-state index contributed by atoms with van der Waals surface area (Å²) in [5, 5.41) is 34.6. The first kappa shape index (κ1) is 90.3. The number of rotatable bonds is 17. The molecule has 694 valence electrons. The Balaban J connectivity index is 0.000000107. The van der Waals surface area contributed by atoms with Crippen molar-refractivity contribution in [2.45, 2.75) is 57.7 Å².